The molecule has 2 atom stereocenters. The summed E-state index contributed by atoms with van der Waals surface area (Å²) >= 11 is 0. The van der Waals surface area contributed by atoms with Gasteiger partial charge in [0.15, 0.2) is 0 Å². The molecule has 1 aliphatic rings. The van der Waals surface area contributed by atoms with Crippen molar-refractivity contribution in [1.82, 2.24) is 5.32 Å². The van der Waals surface area contributed by atoms with Crippen LogP contribution in [0.2, 0.25) is 0 Å². The van der Waals surface area contributed by atoms with Crippen molar-refractivity contribution < 1.29 is 18.7 Å². The second-order valence-electron chi connectivity index (χ2n) is 4.34. The number of carboxylic acid groups (broad SMARTS) is 1. The van der Waals surface area contributed by atoms with Crippen LogP contribution in [0.4, 0.5) is 8.78 Å². The summed E-state index contributed by atoms with van der Waals surface area (Å²) in [5, 5.41) is 11.6. The zero-order valence-electron chi connectivity index (χ0n) is 9.53. The van der Waals surface area contributed by atoms with Crippen LogP contribution in [0.3, 0.4) is 0 Å². The number of carbonyl (C=O) groups is 1. The number of benzene rings is 1. The van der Waals surface area contributed by atoms with E-state index >= 15 is 0 Å². The van der Waals surface area contributed by atoms with Gasteiger partial charge in [-0.25, -0.2) is 8.78 Å². The molecule has 6 heteroatoms. The normalized spacial score (nSPS) is 22.6. The van der Waals surface area contributed by atoms with Gasteiger partial charge in [-0.2, -0.15) is 0 Å². The zero-order chi connectivity index (χ0) is 12.4. The van der Waals surface area contributed by atoms with Gasteiger partial charge < -0.3 is 10.4 Å². The maximum Gasteiger partial charge on any atom is 0.320 e. The summed E-state index contributed by atoms with van der Waals surface area (Å²) in [4.78, 5) is 10.7. The van der Waals surface area contributed by atoms with Crippen LogP contribution in [-0.2, 0) is 11.2 Å². The molecule has 1 aliphatic heterocycles. The van der Waals surface area contributed by atoms with E-state index in [-0.39, 0.29) is 18.3 Å². The third kappa shape index (κ3) is 3.40. The third-order valence-corrected chi connectivity index (χ3v) is 3.04. The fourth-order valence-corrected chi connectivity index (χ4v) is 2.16. The minimum atomic E-state index is -0.896. The van der Waals surface area contributed by atoms with Gasteiger partial charge in [-0.3, -0.25) is 4.79 Å². The van der Waals surface area contributed by atoms with Crippen LogP contribution < -0.4 is 5.32 Å². The van der Waals surface area contributed by atoms with Crippen LogP contribution in [0.1, 0.15) is 12.0 Å². The summed E-state index contributed by atoms with van der Waals surface area (Å²) < 4.78 is 26.3. The summed E-state index contributed by atoms with van der Waals surface area (Å²) in [6, 6.07) is 2.77. The standard InChI is InChI=1S/C12H13F2NO2.ClH/c13-9-1-2-10(14)8(5-9)3-7-4-11(12(16)17)15-6-7;/h1-2,5,7,11,15H,3-4,6H2,(H,16,17);1H/t7-,11-;/m0./s1. The quantitative estimate of drug-likeness (QED) is 0.888. The Kier molecular flexibility index (Phi) is 5.04. The Bertz CT molecular complexity index is 442. The van der Waals surface area contributed by atoms with E-state index in [9.17, 15) is 13.6 Å². The van der Waals surface area contributed by atoms with E-state index in [4.69, 9.17) is 5.11 Å². The van der Waals surface area contributed by atoms with E-state index in [2.05, 4.69) is 5.32 Å². The summed E-state index contributed by atoms with van der Waals surface area (Å²) in [5.74, 6) is -1.77. The molecule has 0 amide bonds. The van der Waals surface area contributed by atoms with Gasteiger partial charge in [0.1, 0.15) is 17.7 Å². The molecule has 0 radical (unpaired) electrons. The lowest BCUT2D eigenvalue weighted by Gasteiger charge is -2.09. The molecule has 1 aromatic rings. The second kappa shape index (κ2) is 6.11. The molecule has 100 valence electrons. The number of hydrogen-bond acceptors (Lipinski definition) is 2. The SMILES string of the molecule is Cl.O=C(O)[C@@H]1C[C@H](Cc2cc(F)ccc2F)CN1. The average molecular weight is 278 g/mol. The van der Waals surface area contributed by atoms with E-state index in [0.29, 0.717) is 24.9 Å². The second-order valence-corrected chi connectivity index (χ2v) is 4.34. The van der Waals surface area contributed by atoms with E-state index < -0.39 is 23.6 Å². The maximum atomic E-state index is 13.4. The first-order valence-electron chi connectivity index (χ1n) is 5.46. The summed E-state index contributed by atoms with van der Waals surface area (Å²) in [6.07, 6.45) is 0.811. The molecule has 0 spiro atoms. The third-order valence-electron chi connectivity index (χ3n) is 3.04. The van der Waals surface area contributed by atoms with Gasteiger partial charge >= 0.3 is 5.97 Å². The Morgan fingerprint density at radius 3 is 2.78 bits per heavy atom. The van der Waals surface area contributed by atoms with Gasteiger partial charge in [-0.1, -0.05) is 0 Å². The fraction of sp³-hybridized carbons (Fsp3) is 0.417. The van der Waals surface area contributed by atoms with E-state index in [1.165, 1.54) is 6.07 Å². The Balaban J connectivity index is 0.00000162. The zero-order valence-corrected chi connectivity index (χ0v) is 10.3. The van der Waals surface area contributed by atoms with Crippen LogP contribution in [0, 0.1) is 17.6 Å². The molecular formula is C12H14ClF2NO2. The first-order chi connectivity index (χ1) is 8.06. The van der Waals surface area contributed by atoms with Gasteiger partial charge in [0.2, 0.25) is 0 Å². The lowest BCUT2D eigenvalue weighted by atomic mass is 9.96. The van der Waals surface area contributed by atoms with Crippen molar-refractivity contribution in [1.29, 1.82) is 0 Å². The van der Waals surface area contributed by atoms with Gasteiger partial charge in [0.05, 0.1) is 0 Å². The molecule has 0 unspecified atom stereocenters. The fourth-order valence-electron chi connectivity index (χ4n) is 2.16. The number of nitrogens with one attached hydrogen (secondary N) is 1. The molecule has 18 heavy (non-hydrogen) atoms. The van der Waals surface area contributed by atoms with Crippen molar-refractivity contribution in [2.75, 3.05) is 6.54 Å². The number of aliphatic carboxylic acids is 1. The van der Waals surface area contributed by atoms with Gasteiger partial charge in [0.25, 0.3) is 0 Å². The molecule has 1 saturated heterocycles. The highest BCUT2D eigenvalue weighted by Gasteiger charge is 2.29. The molecular weight excluding hydrogens is 264 g/mol. The average Bonchev–Trinajstić information content (AvgIpc) is 2.72. The molecule has 0 aliphatic carbocycles. The van der Waals surface area contributed by atoms with Crippen molar-refractivity contribution in [2.24, 2.45) is 5.92 Å². The topological polar surface area (TPSA) is 49.3 Å². The number of rotatable bonds is 3. The van der Waals surface area contributed by atoms with E-state index in [1.807, 2.05) is 0 Å². The molecule has 0 saturated carbocycles. The molecule has 0 aromatic heterocycles. The van der Waals surface area contributed by atoms with E-state index in [0.717, 1.165) is 12.1 Å². The van der Waals surface area contributed by atoms with Gasteiger partial charge in [-0.05, 0) is 49.1 Å². The highest BCUT2D eigenvalue weighted by molar-refractivity contribution is 5.85. The number of halogens is 3. The highest BCUT2D eigenvalue weighted by Crippen LogP contribution is 2.21. The van der Waals surface area contributed by atoms with E-state index in [1.54, 1.807) is 0 Å². The van der Waals surface area contributed by atoms with Crippen LogP contribution in [0.25, 0.3) is 0 Å². The molecule has 1 fully saturated rings. The summed E-state index contributed by atoms with van der Waals surface area (Å²) in [6.45, 7) is 0.521. The minimum Gasteiger partial charge on any atom is -0.480 e. The van der Waals surface area contributed by atoms with Gasteiger partial charge in [-0.15, -0.1) is 12.4 Å². The Labute approximate surface area is 110 Å². The summed E-state index contributed by atoms with van der Waals surface area (Å²) in [5.41, 5.74) is 0.308. The Hall–Kier alpha value is -1.20. The predicted octanol–water partition coefficient (Wildman–Crippen LogP) is 1.99. The molecule has 2 N–H and O–H groups in total. The minimum absolute atomic E-state index is 0. The number of carboxylic acids is 1. The molecule has 1 aromatic carbocycles. The molecule has 3 nitrogen and oxygen atoms in total. The lowest BCUT2D eigenvalue weighted by molar-refractivity contribution is -0.139. The summed E-state index contributed by atoms with van der Waals surface area (Å²) in [7, 11) is 0. The van der Waals surface area contributed by atoms with Crippen LogP contribution in [0.5, 0.6) is 0 Å². The van der Waals surface area contributed by atoms with Gasteiger partial charge in [0, 0.05) is 0 Å². The monoisotopic (exact) mass is 277 g/mol. The number of hydrogen-bond donors (Lipinski definition) is 2. The van der Waals surface area contributed by atoms with Crippen LogP contribution in [-0.4, -0.2) is 23.7 Å². The largest absolute Gasteiger partial charge is 0.480 e. The molecule has 0 bridgehead atoms. The first kappa shape index (κ1) is 14.9. The smallest absolute Gasteiger partial charge is 0.320 e. The Morgan fingerprint density at radius 2 is 2.17 bits per heavy atom. The van der Waals surface area contributed by atoms with Crippen LogP contribution >= 0.6 is 12.4 Å². The highest BCUT2D eigenvalue weighted by atomic mass is 35.5. The maximum absolute atomic E-state index is 13.4. The van der Waals surface area contributed by atoms with Crippen molar-refractivity contribution in [3.8, 4) is 0 Å². The molecule has 2 rings (SSSR count). The van der Waals surface area contributed by atoms with Crippen molar-refractivity contribution in [3.63, 3.8) is 0 Å². The van der Waals surface area contributed by atoms with Crippen LogP contribution in [0.15, 0.2) is 18.2 Å². The van der Waals surface area contributed by atoms with Crippen molar-refractivity contribution in [3.05, 3.63) is 35.4 Å². The Morgan fingerprint density at radius 1 is 1.44 bits per heavy atom. The molecule has 1 heterocycles. The van der Waals surface area contributed by atoms with Crippen molar-refractivity contribution in [2.45, 2.75) is 18.9 Å². The first-order valence-corrected chi connectivity index (χ1v) is 5.46. The predicted molar refractivity (Wildman–Crippen MR) is 64.8 cm³/mol. The van der Waals surface area contributed by atoms with Crippen molar-refractivity contribution >= 4 is 18.4 Å². The lowest BCUT2D eigenvalue weighted by Crippen LogP contribution is -2.29.